The molecule has 0 spiro atoms. The summed E-state index contributed by atoms with van der Waals surface area (Å²) in [4.78, 5) is 15.1. The zero-order valence-corrected chi connectivity index (χ0v) is 20.2. The van der Waals surface area contributed by atoms with Gasteiger partial charge in [-0.15, -0.1) is 10.2 Å². The molecular weight excluding hydrogens is 438 g/mol. The van der Waals surface area contributed by atoms with Crippen molar-refractivity contribution in [2.75, 3.05) is 25.1 Å². The first kappa shape index (κ1) is 23.2. The first-order chi connectivity index (χ1) is 16.0. The van der Waals surface area contributed by atoms with Gasteiger partial charge in [-0.25, -0.2) is 0 Å². The van der Waals surface area contributed by atoms with Gasteiger partial charge in [0.05, 0.1) is 25.2 Å². The Balaban J connectivity index is 1.43. The monoisotopic (exact) mass is 469 g/mol. The van der Waals surface area contributed by atoms with Crippen molar-refractivity contribution in [2.45, 2.75) is 50.2 Å². The third kappa shape index (κ3) is 5.90. The number of amides is 1. The van der Waals surface area contributed by atoms with Crippen LogP contribution in [0.5, 0.6) is 5.75 Å². The third-order valence-electron chi connectivity index (χ3n) is 5.94. The smallest absolute Gasteiger partial charge is 0.233 e. The average Bonchev–Trinajstić information content (AvgIpc) is 3.49. The topological polar surface area (TPSA) is 85.4 Å². The molecule has 0 unspecified atom stereocenters. The molecule has 0 radical (unpaired) electrons. The van der Waals surface area contributed by atoms with E-state index in [0.717, 1.165) is 54.9 Å². The SMILES string of the molecule is COc1ccc(CNC(=O)[C@@H](C)Sc2nnc(N3CCC(C)CC3)n2Cc2ccco2)cc1. The number of rotatable bonds is 9. The van der Waals surface area contributed by atoms with E-state index in [0.29, 0.717) is 18.2 Å². The van der Waals surface area contributed by atoms with E-state index in [-0.39, 0.29) is 11.2 Å². The molecule has 3 aromatic rings. The molecule has 1 atom stereocenters. The van der Waals surface area contributed by atoms with E-state index in [1.165, 1.54) is 11.8 Å². The van der Waals surface area contributed by atoms with Crippen molar-refractivity contribution in [3.05, 3.63) is 54.0 Å². The number of carbonyl (C=O) groups is 1. The summed E-state index contributed by atoms with van der Waals surface area (Å²) in [6.45, 7) is 7.09. The largest absolute Gasteiger partial charge is 0.497 e. The van der Waals surface area contributed by atoms with Crippen LogP contribution in [0.4, 0.5) is 5.95 Å². The van der Waals surface area contributed by atoms with Crippen LogP contribution in [0.15, 0.2) is 52.2 Å². The standard InChI is InChI=1S/C24H31N5O3S/c1-17-10-12-28(13-11-17)23-26-27-24(29(23)16-21-5-4-14-32-21)33-18(2)22(30)25-15-19-6-8-20(31-3)9-7-19/h4-9,14,17-18H,10-13,15-16H2,1-3H3,(H,25,30)/t18-/m1/s1. The molecule has 8 nitrogen and oxygen atoms in total. The highest BCUT2D eigenvalue weighted by molar-refractivity contribution is 8.00. The van der Waals surface area contributed by atoms with Crippen LogP contribution in [0.2, 0.25) is 0 Å². The van der Waals surface area contributed by atoms with Crippen LogP contribution >= 0.6 is 11.8 Å². The summed E-state index contributed by atoms with van der Waals surface area (Å²) in [7, 11) is 1.64. The zero-order valence-electron chi connectivity index (χ0n) is 19.4. The zero-order chi connectivity index (χ0) is 23.2. The number of hydrogen-bond acceptors (Lipinski definition) is 7. The van der Waals surface area contributed by atoms with E-state index in [9.17, 15) is 4.79 Å². The summed E-state index contributed by atoms with van der Waals surface area (Å²) in [6, 6.07) is 11.5. The maximum absolute atomic E-state index is 12.8. The molecule has 176 valence electrons. The molecule has 1 aromatic carbocycles. The molecule has 9 heteroatoms. The highest BCUT2D eigenvalue weighted by Crippen LogP contribution is 2.29. The fourth-order valence-corrected chi connectivity index (χ4v) is 4.66. The number of hydrogen-bond donors (Lipinski definition) is 1. The Morgan fingerprint density at radius 3 is 2.67 bits per heavy atom. The van der Waals surface area contributed by atoms with Crippen LogP contribution in [-0.4, -0.2) is 46.1 Å². The molecule has 1 N–H and O–H groups in total. The number of furan rings is 1. The van der Waals surface area contributed by atoms with E-state index < -0.39 is 0 Å². The Morgan fingerprint density at radius 1 is 1.24 bits per heavy atom. The summed E-state index contributed by atoms with van der Waals surface area (Å²) < 4.78 is 12.8. The van der Waals surface area contributed by atoms with Gasteiger partial charge in [0.25, 0.3) is 0 Å². The van der Waals surface area contributed by atoms with Gasteiger partial charge >= 0.3 is 0 Å². The van der Waals surface area contributed by atoms with Crippen LogP contribution in [0.25, 0.3) is 0 Å². The molecule has 4 rings (SSSR count). The van der Waals surface area contributed by atoms with Gasteiger partial charge in [-0.05, 0) is 55.5 Å². The van der Waals surface area contributed by atoms with Crippen molar-refractivity contribution in [3.63, 3.8) is 0 Å². The van der Waals surface area contributed by atoms with E-state index in [2.05, 4.69) is 31.9 Å². The van der Waals surface area contributed by atoms with Crippen molar-refractivity contribution in [1.29, 1.82) is 0 Å². The van der Waals surface area contributed by atoms with Crippen molar-refractivity contribution in [1.82, 2.24) is 20.1 Å². The van der Waals surface area contributed by atoms with Gasteiger partial charge in [0.15, 0.2) is 5.16 Å². The molecule has 1 saturated heterocycles. The minimum absolute atomic E-state index is 0.0447. The first-order valence-electron chi connectivity index (χ1n) is 11.3. The van der Waals surface area contributed by atoms with Crippen molar-refractivity contribution >= 4 is 23.6 Å². The third-order valence-corrected chi connectivity index (χ3v) is 7.02. The van der Waals surface area contributed by atoms with Crippen LogP contribution < -0.4 is 15.0 Å². The van der Waals surface area contributed by atoms with Gasteiger partial charge in [0.2, 0.25) is 11.9 Å². The summed E-state index contributed by atoms with van der Waals surface area (Å²) in [6.07, 6.45) is 3.95. The Hall–Kier alpha value is -2.94. The van der Waals surface area contributed by atoms with Gasteiger partial charge < -0.3 is 19.4 Å². The predicted octanol–water partition coefficient (Wildman–Crippen LogP) is 3.96. The first-order valence-corrected chi connectivity index (χ1v) is 12.2. The number of benzene rings is 1. The fraction of sp³-hybridized carbons (Fsp3) is 0.458. The lowest BCUT2D eigenvalue weighted by Gasteiger charge is -2.31. The number of ether oxygens (including phenoxy) is 1. The molecular formula is C24H31N5O3S. The highest BCUT2D eigenvalue weighted by atomic mass is 32.2. The number of nitrogens with zero attached hydrogens (tertiary/aromatic N) is 4. The summed E-state index contributed by atoms with van der Waals surface area (Å²) >= 11 is 1.42. The number of methoxy groups -OCH3 is 1. The molecule has 0 aliphatic carbocycles. The summed E-state index contributed by atoms with van der Waals surface area (Å²) in [5.41, 5.74) is 1.02. The van der Waals surface area contributed by atoms with Crippen molar-refractivity contribution in [3.8, 4) is 5.75 Å². The highest BCUT2D eigenvalue weighted by Gasteiger charge is 2.25. The Bertz CT molecular complexity index is 1030. The lowest BCUT2D eigenvalue weighted by molar-refractivity contribution is -0.120. The van der Waals surface area contributed by atoms with Crippen LogP contribution in [0, 0.1) is 5.92 Å². The fourth-order valence-electron chi connectivity index (χ4n) is 3.80. The van der Waals surface area contributed by atoms with Crippen LogP contribution in [0.1, 0.15) is 38.0 Å². The lowest BCUT2D eigenvalue weighted by Crippen LogP contribution is -2.35. The predicted molar refractivity (Wildman–Crippen MR) is 129 cm³/mol. The molecule has 0 saturated carbocycles. The van der Waals surface area contributed by atoms with Gasteiger partial charge in [0.1, 0.15) is 11.5 Å². The molecule has 2 aromatic heterocycles. The van der Waals surface area contributed by atoms with Crippen LogP contribution in [0.3, 0.4) is 0 Å². The average molecular weight is 470 g/mol. The van der Waals surface area contributed by atoms with Crippen LogP contribution in [-0.2, 0) is 17.9 Å². The maximum Gasteiger partial charge on any atom is 0.233 e. The maximum atomic E-state index is 12.8. The molecule has 1 aliphatic rings. The normalized spacial score (nSPS) is 15.4. The summed E-state index contributed by atoms with van der Waals surface area (Å²) in [5, 5.41) is 12.4. The summed E-state index contributed by atoms with van der Waals surface area (Å²) in [5.74, 6) is 3.15. The number of aromatic nitrogens is 3. The quantitative estimate of drug-likeness (QED) is 0.475. The lowest BCUT2D eigenvalue weighted by atomic mass is 10.00. The minimum Gasteiger partial charge on any atom is -0.497 e. The second kappa shape index (κ2) is 10.8. The van der Waals surface area contributed by atoms with Gasteiger partial charge in [-0.3, -0.25) is 9.36 Å². The molecule has 1 aliphatic heterocycles. The second-order valence-corrected chi connectivity index (χ2v) is 9.75. The van der Waals surface area contributed by atoms with E-state index in [4.69, 9.17) is 9.15 Å². The minimum atomic E-state index is -0.322. The molecule has 1 fully saturated rings. The van der Waals surface area contributed by atoms with Gasteiger partial charge in [-0.1, -0.05) is 30.8 Å². The molecule has 0 bridgehead atoms. The number of anilines is 1. The Labute approximate surface area is 198 Å². The van der Waals surface area contributed by atoms with E-state index in [1.54, 1.807) is 13.4 Å². The van der Waals surface area contributed by atoms with E-state index in [1.807, 2.05) is 43.3 Å². The number of nitrogens with one attached hydrogen (secondary N) is 1. The Kier molecular flexibility index (Phi) is 7.59. The van der Waals surface area contributed by atoms with Gasteiger partial charge in [0, 0.05) is 19.6 Å². The second-order valence-electron chi connectivity index (χ2n) is 8.44. The molecule has 3 heterocycles. The number of thioether (sulfide) groups is 1. The number of carbonyl (C=O) groups excluding carboxylic acids is 1. The molecule has 33 heavy (non-hydrogen) atoms. The van der Waals surface area contributed by atoms with E-state index >= 15 is 0 Å². The number of piperidine rings is 1. The van der Waals surface area contributed by atoms with Gasteiger partial charge in [-0.2, -0.15) is 0 Å². The Morgan fingerprint density at radius 2 is 2.00 bits per heavy atom. The van der Waals surface area contributed by atoms with Crippen molar-refractivity contribution in [2.24, 2.45) is 5.92 Å². The molecule has 1 amide bonds. The van der Waals surface area contributed by atoms with Crippen molar-refractivity contribution < 1.29 is 13.9 Å².